The maximum Gasteiger partial charge on any atom is 0.270 e. The summed E-state index contributed by atoms with van der Waals surface area (Å²) >= 11 is 6.66. The van der Waals surface area contributed by atoms with Crippen LogP contribution in [0.1, 0.15) is 5.69 Å². The number of methoxy groups -OCH3 is 2. The second-order valence-electron chi connectivity index (χ2n) is 5.84. The zero-order chi connectivity index (χ0) is 19.7. The van der Waals surface area contributed by atoms with Gasteiger partial charge < -0.3 is 9.47 Å². The van der Waals surface area contributed by atoms with Crippen molar-refractivity contribution < 1.29 is 14.3 Å². The van der Waals surface area contributed by atoms with E-state index < -0.39 is 0 Å². The monoisotopic (exact) mass is 409 g/mol. The van der Waals surface area contributed by atoms with Gasteiger partial charge in [-0.1, -0.05) is 36.1 Å². The molecule has 0 atom stereocenters. The number of hydrogen-bond acceptors (Lipinski definition) is 7. The van der Waals surface area contributed by atoms with Gasteiger partial charge in [0.15, 0.2) is 4.32 Å². The lowest BCUT2D eigenvalue weighted by Crippen LogP contribution is -2.27. The van der Waals surface area contributed by atoms with Crippen LogP contribution in [0.15, 0.2) is 53.6 Å². The average molecular weight is 409 g/mol. The van der Waals surface area contributed by atoms with Gasteiger partial charge in [0.1, 0.15) is 11.5 Å². The predicted molar refractivity (Wildman–Crippen MR) is 115 cm³/mol. The number of amides is 1. The summed E-state index contributed by atoms with van der Waals surface area (Å²) in [5, 5.41) is 0. The van der Waals surface area contributed by atoms with Crippen LogP contribution < -0.4 is 14.4 Å². The maximum atomic E-state index is 13.0. The molecule has 0 radical (unpaired) electrons. The first-order valence-corrected chi connectivity index (χ1v) is 9.55. The Morgan fingerprint density at radius 2 is 1.89 bits per heavy atom. The van der Waals surface area contributed by atoms with Gasteiger partial charge in [-0.2, -0.15) is 0 Å². The Hall–Kier alpha value is -2.97. The molecule has 0 N–H and O–H groups in total. The number of fused-ring (bicyclic) bond motifs is 1. The van der Waals surface area contributed by atoms with Gasteiger partial charge in [-0.15, -0.1) is 0 Å². The van der Waals surface area contributed by atoms with Gasteiger partial charge in [0.25, 0.3) is 5.91 Å². The summed E-state index contributed by atoms with van der Waals surface area (Å²) in [7, 11) is 3.11. The zero-order valence-corrected chi connectivity index (χ0v) is 16.7. The van der Waals surface area contributed by atoms with E-state index in [0.717, 1.165) is 11.0 Å². The number of hydrogen-bond donors (Lipinski definition) is 0. The highest BCUT2D eigenvalue weighted by molar-refractivity contribution is 8.27. The molecule has 2 aromatic carbocycles. The minimum Gasteiger partial charge on any atom is -0.497 e. The van der Waals surface area contributed by atoms with Gasteiger partial charge in [0.05, 0.1) is 47.7 Å². The molecule has 28 heavy (non-hydrogen) atoms. The van der Waals surface area contributed by atoms with Gasteiger partial charge in [-0.05, 0) is 30.3 Å². The van der Waals surface area contributed by atoms with Crippen LogP contribution in [0.2, 0.25) is 0 Å². The van der Waals surface area contributed by atoms with Crippen molar-refractivity contribution in [3.8, 4) is 11.5 Å². The van der Waals surface area contributed by atoms with E-state index >= 15 is 0 Å². The summed E-state index contributed by atoms with van der Waals surface area (Å²) in [4.78, 5) is 23.9. The zero-order valence-electron chi connectivity index (χ0n) is 15.1. The molecule has 0 unspecified atom stereocenters. The molecule has 0 aliphatic carbocycles. The van der Waals surface area contributed by atoms with Crippen molar-refractivity contribution in [1.29, 1.82) is 0 Å². The number of rotatable bonds is 4. The van der Waals surface area contributed by atoms with E-state index in [-0.39, 0.29) is 5.91 Å². The molecule has 1 fully saturated rings. The molecule has 1 amide bonds. The molecule has 1 saturated heterocycles. The standard InChI is InChI=1S/C20H15N3O3S2/c1-25-13-7-8-16(17(10-13)26-2)23-19(24)18(28-20(23)27)9-12-11-21-14-5-3-4-6-15(14)22-12/h3-11H,1-2H3/b18-9+. The largest absolute Gasteiger partial charge is 0.497 e. The molecule has 0 spiro atoms. The summed E-state index contributed by atoms with van der Waals surface area (Å²) in [6, 6.07) is 12.8. The van der Waals surface area contributed by atoms with E-state index in [0.29, 0.717) is 32.1 Å². The molecular weight excluding hydrogens is 394 g/mol. The Balaban J connectivity index is 1.69. The Morgan fingerprint density at radius 1 is 1.11 bits per heavy atom. The van der Waals surface area contributed by atoms with Crippen molar-refractivity contribution >= 4 is 57.0 Å². The second kappa shape index (κ2) is 7.57. The van der Waals surface area contributed by atoms with Crippen LogP contribution in [-0.4, -0.2) is 34.4 Å². The summed E-state index contributed by atoms with van der Waals surface area (Å²) < 4.78 is 11.1. The topological polar surface area (TPSA) is 64.5 Å². The number of aromatic nitrogens is 2. The van der Waals surface area contributed by atoms with Crippen LogP contribution >= 0.6 is 24.0 Å². The van der Waals surface area contributed by atoms with Crippen LogP contribution in [0.25, 0.3) is 17.1 Å². The molecule has 1 aromatic heterocycles. The molecule has 140 valence electrons. The average Bonchev–Trinajstić information content (AvgIpc) is 3.00. The fourth-order valence-electron chi connectivity index (χ4n) is 2.82. The van der Waals surface area contributed by atoms with Crippen LogP contribution in [0, 0.1) is 0 Å². The summed E-state index contributed by atoms with van der Waals surface area (Å²) in [6.45, 7) is 0. The van der Waals surface area contributed by atoms with Crippen molar-refractivity contribution in [2.45, 2.75) is 0 Å². The minimum atomic E-state index is -0.228. The number of carbonyl (C=O) groups excluding carboxylic acids is 1. The minimum absolute atomic E-state index is 0.228. The van der Waals surface area contributed by atoms with Gasteiger partial charge in [0.2, 0.25) is 0 Å². The van der Waals surface area contributed by atoms with Gasteiger partial charge in [-0.3, -0.25) is 14.7 Å². The third-order valence-electron chi connectivity index (χ3n) is 4.17. The molecule has 4 rings (SSSR count). The predicted octanol–water partition coefficient (Wildman–Crippen LogP) is 4.05. The number of carbonyl (C=O) groups is 1. The van der Waals surface area contributed by atoms with Crippen molar-refractivity contribution in [2.24, 2.45) is 0 Å². The first-order valence-electron chi connectivity index (χ1n) is 8.32. The number of thioether (sulfide) groups is 1. The van der Waals surface area contributed by atoms with Gasteiger partial charge >= 0.3 is 0 Å². The van der Waals surface area contributed by atoms with Gasteiger partial charge in [0, 0.05) is 6.07 Å². The molecule has 0 saturated carbocycles. The lowest BCUT2D eigenvalue weighted by molar-refractivity contribution is -0.113. The van der Waals surface area contributed by atoms with Crippen molar-refractivity contribution in [3.63, 3.8) is 0 Å². The molecule has 0 bridgehead atoms. The first-order chi connectivity index (χ1) is 13.6. The summed E-state index contributed by atoms with van der Waals surface area (Å²) in [6.07, 6.45) is 3.34. The molecule has 6 nitrogen and oxygen atoms in total. The van der Waals surface area contributed by atoms with Crippen molar-refractivity contribution in [1.82, 2.24) is 9.97 Å². The lowest BCUT2D eigenvalue weighted by atomic mass is 10.2. The summed E-state index contributed by atoms with van der Waals surface area (Å²) in [5.41, 5.74) is 2.73. The number of para-hydroxylation sites is 2. The Labute approximate surface area is 171 Å². The van der Waals surface area contributed by atoms with Crippen LogP contribution in [0.5, 0.6) is 11.5 Å². The fourth-order valence-corrected chi connectivity index (χ4v) is 4.09. The smallest absolute Gasteiger partial charge is 0.270 e. The summed E-state index contributed by atoms with van der Waals surface area (Å²) in [5.74, 6) is 0.906. The molecule has 1 aliphatic heterocycles. The van der Waals surface area contributed by atoms with Crippen LogP contribution in [0.4, 0.5) is 5.69 Å². The third-order valence-corrected chi connectivity index (χ3v) is 5.47. The number of benzene rings is 2. The highest BCUT2D eigenvalue weighted by Gasteiger charge is 2.35. The Morgan fingerprint density at radius 3 is 2.64 bits per heavy atom. The van der Waals surface area contributed by atoms with E-state index in [1.54, 1.807) is 37.6 Å². The van der Waals surface area contributed by atoms with E-state index in [1.165, 1.54) is 23.8 Å². The Kier molecular flexibility index (Phi) is 4.97. The Bertz CT molecular complexity index is 1130. The molecule has 1 aliphatic rings. The number of anilines is 1. The normalized spacial score (nSPS) is 15.5. The molecule has 3 aromatic rings. The molecular formula is C20H15N3O3S2. The first kappa shape index (κ1) is 18.4. The fraction of sp³-hybridized carbons (Fsp3) is 0.100. The number of nitrogens with zero attached hydrogens (tertiary/aromatic N) is 3. The van der Waals surface area contributed by atoms with Crippen LogP contribution in [-0.2, 0) is 4.79 Å². The molecule has 8 heteroatoms. The van der Waals surface area contributed by atoms with E-state index in [9.17, 15) is 4.79 Å². The van der Waals surface area contributed by atoms with Crippen LogP contribution in [0.3, 0.4) is 0 Å². The van der Waals surface area contributed by atoms with E-state index in [2.05, 4.69) is 9.97 Å². The highest BCUT2D eigenvalue weighted by Crippen LogP contribution is 2.41. The second-order valence-corrected chi connectivity index (χ2v) is 7.51. The van der Waals surface area contributed by atoms with E-state index in [4.69, 9.17) is 21.7 Å². The van der Waals surface area contributed by atoms with Crippen molar-refractivity contribution in [2.75, 3.05) is 19.1 Å². The maximum absolute atomic E-state index is 13.0. The number of ether oxygens (including phenoxy) is 2. The number of thiocarbonyl (C=S) groups is 1. The lowest BCUT2D eigenvalue weighted by Gasteiger charge is -2.18. The van der Waals surface area contributed by atoms with E-state index in [1.807, 2.05) is 24.3 Å². The highest BCUT2D eigenvalue weighted by atomic mass is 32.2. The third kappa shape index (κ3) is 3.32. The SMILES string of the molecule is COc1ccc(N2C(=O)/C(=C\c3cnc4ccccc4n3)SC2=S)c(OC)c1. The van der Waals surface area contributed by atoms with Gasteiger partial charge in [-0.25, -0.2) is 4.98 Å². The quantitative estimate of drug-likeness (QED) is 0.476. The van der Waals surface area contributed by atoms with Crippen molar-refractivity contribution in [3.05, 3.63) is 59.3 Å². The molecule has 2 heterocycles.